The van der Waals surface area contributed by atoms with Gasteiger partial charge in [0.05, 0.1) is 17.8 Å². The van der Waals surface area contributed by atoms with Crippen molar-refractivity contribution in [1.82, 2.24) is 20.6 Å². The molecule has 12 heteroatoms. The van der Waals surface area contributed by atoms with Crippen LogP contribution in [0.25, 0.3) is 0 Å². The van der Waals surface area contributed by atoms with Crippen LogP contribution in [0.4, 0.5) is 5.82 Å². The predicted octanol–water partition coefficient (Wildman–Crippen LogP) is 1.06. The monoisotopic (exact) mass is 468 g/mol. The quantitative estimate of drug-likeness (QED) is 0.197. The number of benzene rings is 1. The molecule has 0 saturated heterocycles. The fourth-order valence-electron chi connectivity index (χ4n) is 2.32. The number of aromatic hydroxyl groups is 1. The summed E-state index contributed by atoms with van der Waals surface area (Å²) >= 11 is 3.21. The highest BCUT2D eigenvalue weighted by atomic mass is 79.9. The zero-order chi connectivity index (χ0) is 21.2. The lowest BCUT2D eigenvalue weighted by Gasteiger charge is -2.06. The second-order valence-electron chi connectivity index (χ2n) is 5.94. The first-order valence-corrected chi connectivity index (χ1v) is 9.51. The van der Waals surface area contributed by atoms with Crippen LogP contribution >= 0.6 is 15.9 Å². The van der Waals surface area contributed by atoms with Gasteiger partial charge in [-0.2, -0.15) is 5.10 Å². The van der Waals surface area contributed by atoms with E-state index in [1.54, 1.807) is 12.1 Å². The molecule has 2 aromatic rings. The summed E-state index contributed by atoms with van der Waals surface area (Å²) in [7, 11) is 1.44. The highest BCUT2D eigenvalue weighted by Crippen LogP contribution is 2.34. The molecule has 2 rings (SSSR count). The molecule has 1 amide bonds. The lowest BCUT2D eigenvalue weighted by molar-refractivity contribution is -0.121. The Morgan fingerprint density at radius 2 is 2.14 bits per heavy atom. The zero-order valence-corrected chi connectivity index (χ0v) is 17.2. The number of hydrazone groups is 1. The van der Waals surface area contributed by atoms with Crippen LogP contribution < -0.4 is 26.7 Å². The number of methoxy groups -OCH3 is 1. The van der Waals surface area contributed by atoms with E-state index in [9.17, 15) is 19.5 Å². The second-order valence-corrected chi connectivity index (χ2v) is 6.79. The van der Waals surface area contributed by atoms with E-state index in [2.05, 4.69) is 47.0 Å². The fraction of sp³-hybridized carbons (Fsp3) is 0.353. The SMILES string of the molecule is COc1cc(/C=N/NC(=O)CCCCCNc2n[nH]c(=O)[nH]c2=O)cc(Br)c1O. The standard InChI is InChI=1S/C17H21BrN6O5/c1-29-12-8-10(7-11(18)14(12)26)9-20-22-13(25)5-3-2-4-6-19-15-16(27)21-17(28)24-23-15/h7-9,26H,2-6H2,1H3,(H,19,23)(H,22,25)(H2,21,24,27,28)/b20-9+. The molecule has 0 radical (unpaired) electrons. The van der Waals surface area contributed by atoms with Gasteiger partial charge in [-0.1, -0.05) is 6.42 Å². The molecule has 5 N–H and O–H groups in total. The number of aromatic nitrogens is 3. The van der Waals surface area contributed by atoms with E-state index >= 15 is 0 Å². The molecule has 0 atom stereocenters. The molecule has 0 saturated carbocycles. The summed E-state index contributed by atoms with van der Waals surface area (Å²) < 4.78 is 5.50. The number of rotatable bonds is 10. The Kier molecular flexibility index (Phi) is 8.40. The molecule has 156 valence electrons. The van der Waals surface area contributed by atoms with Crippen LogP contribution in [0.15, 0.2) is 31.3 Å². The Hall–Kier alpha value is -3.15. The van der Waals surface area contributed by atoms with E-state index in [-0.39, 0.29) is 17.5 Å². The van der Waals surface area contributed by atoms with Crippen LogP contribution in [0.5, 0.6) is 11.5 Å². The molecule has 1 aromatic carbocycles. The maximum Gasteiger partial charge on any atom is 0.342 e. The van der Waals surface area contributed by atoms with Crippen molar-refractivity contribution in [2.24, 2.45) is 5.10 Å². The average molecular weight is 469 g/mol. The van der Waals surface area contributed by atoms with Gasteiger partial charge in [-0.3, -0.25) is 14.6 Å². The highest BCUT2D eigenvalue weighted by molar-refractivity contribution is 9.10. The van der Waals surface area contributed by atoms with E-state index in [0.717, 1.165) is 12.8 Å². The van der Waals surface area contributed by atoms with Crippen molar-refractivity contribution in [1.29, 1.82) is 0 Å². The number of hydrogen-bond acceptors (Lipinski definition) is 8. The van der Waals surface area contributed by atoms with E-state index in [1.807, 2.05) is 0 Å². The average Bonchev–Trinajstić information content (AvgIpc) is 2.68. The number of aromatic amines is 2. The molecule has 29 heavy (non-hydrogen) atoms. The maximum absolute atomic E-state index is 11.8. The minimum atomic E-state index is -0.661. The van der Waals surface area contributed by atoms with Gasteiger partial charge in [0, 0.05) is 13.0 Å². The minimum absolute atomic E-state index is 0.0101. The third-order valence-corrected chi connectivity index (χ3v) is 4.36. The minimum Gasteiger partial charge on any atom is -0.503 e. The van der Waals surface area contributed by atoms with Crippen molar-refractivity contribution < 1.29 is 14.6 Å². The number of amides is 1. The van der Waals surface area contributed by atoms with E-state index in [0.29, 0.717) is 35.2 Å². The van der Waals surface area contributed by atoms with E-state index in [4.69, 9.17) is 4.74 Å². The van der Waals surface area contributed by atoms with Gasteiger partial charge in [0.15, 0.2) is 11.5 Å². The Morgan fingerprint density at radius 3 is 2.86 bits per heavy atom. The lowest BCUT2D eigenvalue weighted by Crippen LogP contribution is -2.27. The van der Waals surface area contributed by atoms with Crippen LogP contribution in [0.1, 0.15) is 31.2 Å². The number of H-pyrrole nitrogens is 2. The summed E-state index contributed by atoms with van der Waals surface area (Å²) in [6, 6.07) is 3.23. The number of carbonyl (C=O) groups is 1. The summed E-state index contributed by atoms with van der Waals surface area (Å²) in [5, 5.41) is 22.2. The van der Waals surface area contributed by atoms with E-state index in [1.165, 1.54) is 13.3 Å². The van der Waals surface area contributed by atoms with Gasteiger partial charge in [-0.05, 0) is 46.5 Å². The number of nitrogens with one attached hydrogen (secondary N) is 4. The smallest absolute Gasteiger partial charge is 0.342 e. The van der Waals surface area contributed by atoms with Gasteiger partial charge in [0.1, 0.15) is 0 Å². The molecular weight excluding hydrogens is 448 g/mol. The largest absolute Gasteiger partial charge is 0.503 e. The second kappa shape index (κ2) is 11.0. The van der Waals surface area contributed by atoms with Crippen molar-refractivity contribution >= 4 is 33.9 Å². The number of hydrogen-bond donors (Lipinski definition) is 5. The maximum atomic E-state index is 11.8. The molecule has 1 aromatic heterocycles. The summed E-state index contributed by atoms with van der Waals surface area (Å²) in [6.07, 6.45) is 3.88. The molecule has 0 unspecified atom stereocenters. The van der Waals surface area contributed by atoms with Crippen LogP contribution in [-0.4, -0.2) is 46.1 Å². The Balaban J connectivity index is 1.66. The molecule has 0 aliphatic heterocycles. The van der Waals surface area contributed by atoms with Crippen LogP contribution in [0.3, 0.4) is 0 Å². The number of unbranched alkanes of at least 4 members (excludes halogenated alkanes) is 2. The number of halogens is 1. The van der Waals surface area contributed by atoms with Crippen LogP contribution in [-0.2, 0) is 4.79 Å². The first-order chi connectivity index (χ1) is 13.9. The number of ether oxygens (including phenoxy) is 1. The molecule has 0 bridgehead atoms. The van der Waals surface area contributed by atoms with Gasteiger partial charge >= 0.3 is 5.69 Å². The number of anilines is 1. The number of phenols is 1. The third kappa shape index (κ3) is 7.07. The lowest BCUT2D eigenvalue weighted by atomic mass is 10.2. The summed E-state index contributed by atoms with van der Waals surface area (Å²) in [4.78, 5) is 36.2. The first kappa shape index (κ1) is 22.1. The van der Waals surface area contributed by atoms with E-state index < -0.39 is 11.2 Å². The summed E-state index contributed by atoms with van der Waals surface area (Å²) in [5.74, 6) is 0.107. The normalized spacial score (nSPS) is 10.8. The zero-order valence-electron chi connectivity index (χ0n) is 15.6. The molecule has 0 spiro atoms. The third-order valence-electron chi connectivity index (χ3n) is 3.76. The molecular formula is C17H21BrN6O5. The predicted molar refractivity (Wildman–Crippen MR) is 111 cm³/mol. The molecule has 11 nitrogen and oxygen atoms in total. The van der Waals surface area contributed by atoms with Crippen molar-refractivity contribution in [3.8, 4) is 11.5 Å². The Morgan fingerprint density at radius 1 is 1.34 bits per heavy atom. The Labute approximate surface area is 173 Å². The van der Waals surface area contributed by atoms with Gasteiger partial charge in [-0.25, -0.2) is 15.3 Å². The molecule has 1 heterocycles. The molecule has 0 aliphatic carbocycles. The van der Waals surface area contributed by atoms with Gasteiger partial charge in [0.25, 0.3) is 5.56 Å². The summed E-state index contributed by atoms with van der Waals surface area (Å²) in [5.41, 5.74) is 1.84. The van der Waals surface area contributed by atoms with Crippen molar-refractivity contribution in [3.63, 3.8) is 0 Å². The number of phenolic OH excluding ortho intramolecular Hbond substituents is 1. The summed E-state index contributed by atoms with van der Waals surface area (Å²) in [6.45, 7) is 0.486. The number of carbonyl (C=O) groups excluding carboxylic acids is 1. The van der Waals surface area contributed by atoms with Gasteiger partial charge in [-0.15, -0.1) is 5.10 Å². The van der Waals surface area contributed by atoms with Gasteiger partial charge in [0.2, 0.25) is 11.7 Å². The van der Waals surface area contributed by atoms with Crippen molar-refractivity contribution in [2.45, 2.75) is 25.7 Å². The number of nitrogens with zero attached hydrogens (tertiary/aromatic N) is 2. The molecule has 0 aliphatic rings. The van der Waals surface area contributed by atoms with Gasteiger partial charge < -0.3 is 15.2 Å². The first-order valence-electron chi connectivity index (χ1n) is 8.72. The van der Waals surface area contributed by atoms with Crippen LogP contribution in [0, 0.1) is 0 Å². The Bertz CT molecular complexity index is 987. The van der Waals surface area contributed by atoms with Crippen molar-refractivity contribution in [2.75, 3.05) is 19.0 Å². The molecule has 0 fully saturated rings. The van der Waals surface area contributed by atoms with Crippen LogP contribution in [0.2, 0.25) is 0 Å². The highest BCUT2D eigenvalue weighted by Gasteiger charge is 2.07. The van der Waals surface area contributed by atoms with Crippen molar-refractivity contribution in [3.05, 3.63) is 43.0 Å². The fourth-order valence-corrected chi connectivity index (χ4v) is 2.78. The topological polar surface area (TPSA) is 162 Å².